The first kappa shape index (κ1) is 21.1. The summed E-state index contributed by atoms with van der Waals surface area (Å²) in [5.74, 6) is 4.08. The minimum atomic E-state index is -0.686. The number of hydrogen-bond donors (Lipinski definition) is 1. The zero-order chi connectivity index (χ0) is 20.2. The van der Waals surface area contributed by atoms with Gasteiger partial charge in [-0.05, 0) is 36.2 Å². The maximum atomic E-state index is 12.3. The van der Waals surface area contributed by atoms with Crippen molar-refractivity contribution in [2.24, 2.45) is 0 Å². The Balaban J connectivity index is 1.82. The van der Waals surface area contributed by atoms with E-state index in [1.165, 1.54) is 7.11 Å². The van der Waals surface area contributed by atoms with Gasteiger partial charge in [0, 0.05) is 13.7 Å². The van der Waals surface area contributed by atoms with Gasteiger partial charge in [-0.2, -0.15) is 0 Å². The van der Waals surface area contributed by atoms with Crippen LogP contribution in [-0.4, -0.2) is 46.0 Å². The summed E-state index contributed by atoms with van der Waals surface area (Å²) < 4.78 is 21.6. The Morgan fingerprint density at radius 3 is 2.57 bits per heavy atom. The van der Waals surface area contributed by atoms with E-state index in [-0.39, 0.29) is 19.1 Å². The standard InChI is InChI=1S/C22H25NO5/c1-4-14-27-19-11-10-17(15-20(19)25-2)12-13-23-22(24)21(26-3)16-28-18-8-6-5-7-9-18/h1,5-11,15,21H,12-14,16H2,2-3H3,(H,23,24). The normalized spacial score (nSPS) is 11.2. The van der Waals surface area contributed by atoms with Gasteiger partial charge in [0.15, 0.2) is 17.6 Å². The van der Waals surface area contributed by atoms with Gasteiger partial charge in [-0.25, -0.2) is 0 Å². The number of ether oxygens (including phenoxy) is 4. The lowest BCUT2D eigenvalue weighted by atomic mass is 10.1. The Morgan fingerprint density at radius 1 is 1.11 bits per heavy atom. The molecule has 0 radical (unpaired) electrons. The second-order valence-corrected chi connectivity index (χ2v) is 5.87. The third kappa shape index (κ3) is 6.53. The van der Waals surface area contributed by atoms with E-state index < -0.39 is 6.10 Å². The predicted octanol–water partition coefficient (Wildman–Crippen LogP) is 2.46. The molecule has 1 N–H and O–H groups in total. The van der Waals surface area contributed by atoms with Crippen LogP contribution in [0.15, 0.2) is 48.5 Å². The van der Waals surface area contributed by atoms with Crippen LogP contribution >= 0.6 is 0 Å². The van der Waals surface area contributed by atoms with Crippen molar-refractivity contribution >= 4 is 5.91 Å². The summed E-state index contributed by atoms with van der Waals surface area (Å²) in [5.41, 5.74) is 1.000. The van der Waals surface area contributed by atoms with E-state index in [4.69, 9.17) is 25.4 Å². The Labute approximate surface area is 165 Å². The fourth-order valence-electron chi connectivity index (χ4n) is 2.49. The fourth-order valence-corrected chi connectivity index (χ4v) is 2.49. The van der Waals surface area contributed by atoms with Crippen molar-refractivity contribution in [3.63, 3.8) is 0 Å². The average Bonchev–Trinajstić information content (AvgIpc) is 2.73. The van der Waals surface area contributed by atoms with Gasteiger partial charge in [0.25, 0.3) is 5.91 Å². The van der Waals surface area contributed by atoms with Crippen molar-refractivity contribution in [1.29, 1.82) is 0 Å². The molecule has 1 atom stereocenters. The van der Waals surface area contributed by atoms with Gasteiger partial charge in [-0.15, -0.1) is 6.42 Å². The van der Waals surface area contributed by atoms with Crippen molar-refractivity contribution in [2.75, 3.05) is 34.0 Å². The Bertz CT molecular complexity index is 785. The number of para-hydroxylation sites is 1. The molecule has 6 nitrogen and oxygen atoms in total. The van der Waals surface area contributed by atoms with Crippen LogP contribution in [-0.2, 0) is 16.0 Å². The molecule has 2 rings (SSSR count). The quantitative estimate of drug-likeness (QED) is 0.604. The Morgan fingerprint density at radius 2 is 1.89 bits per heavy atom. The highest BCUT2D eigenvalue weighted by molar-refractivity contribution is 5.80. The third-order valence-corrected chi connectivity index (χ3v) is 3.97. The lowest BCUT2D eigenvalue weighted by molar-refractivity contribution is -0.132. The Hall–Kier alpha value is -3.17. The number of amides is 1. The van der Waals surface area contributed by atoms with E-state index in [0.29, 0.717) is 30.2 Å². The molecule has 0 aliphatic heterocycles. The van der Waals surface area contributed by atoms with Crippen LogP contribution in [0.5, 0.6) is 17.2 Å². The molecule has 0 aromatic heterocycles. The predicted molar refractivity (Wildman–Crippen MR) is 107 cm³/mol. The molecular formula is C22H25NO5. The topological polar surface area (TPSA) is 66.0 Å². The van der Waals surface area contributed by atoms with Crippen LogP contribution < -0.4 is 19.5 Å². The van der Waals surface area contributed by atoms with Crippen LogP contribution in [0.2, 0.25) is 0 Å². The molecule has 0 aliphatic rings. The van der Waals surface area contributed by atoms with Gasteiger partial charge in [0.2, 0.25) is 0 Å². The van der Waals surface area contributed by atoms with Crippen LogP contribution in [0, 0.1) is 12.3 Å². The van der Waals surface area contributed by atoms with E-state index in [9.17, 15) is 4.79 Å². The van der Waals surface area contributed by atoms with Crippen molar-refractivity contribution in [1.82, 2.24) is 5.32 Å². The number of benzene rings is 2. The molecule has 0 heterocycles. The molecular weight excluding hydrogens is 358 g/mol. The van der Waals surface area contributed by atoms with Crippen molar-refractivity contribution in [2.45, 2.75) is 12.5 Å². The average molecular weight is 383 g/mol. The van der Waals surface area contributed by atoms with Crippen molar-refractivity contribution < 1.29 is 23.7 Å². The first-order valence-corrected chi connectivity index (χ1v) is 8.89. The third-order valence-electron chi connectivity index (χ3n) is 3.97. The Kier molecular flexibility index (Phi) is 8.70. The van der Waals surface area contributed by atoms with E-state index >= 15 is 0 Å². The highest BCUT2D eigenvalue weighted by Gasteiger charge is 2.18. The summed E-state index contributed by atoms with van der Waals surface area (Å²) in [6.07, 6.45) is 5.15. The number of rotatable bonds is 11. The number of carbonyl (C=O) groups is 1. The van der Waals surface area contributed by atoms with Crippen LogP contribution in [0.1, 0.15) is 5.56 Å². The second-order valence-electron chi connectivity index (χ2n) is 5.87. The summed E-state index contributed by atoms with van der Waals surface area (Å²) in [4.78, 5) is 12.3. The summed E-state index contributed by atoms with van der Waals surface area (Å²) in [6, 6.07) is 14.9. The molecule has 0 saturated carbocycles. The largest absolute Gasteiger partial charge is 0.493 e. The van der Waals surface area contributed by atoms with E-state index in [0.717, 1.165) is 5.56 Å². The molecule has 1 amide bonds. The molecule has 1 unspecified atom stereocenters. The number of terminal acetylenes is 1. The number of methoxy groups -OCH3 is 2. The monoisotopic (exact) mass is 383 g/mol. The molecule has 2 aromatic carbocycles. The second kappa shape index (κ2) is 11.5. The molecule has 0 spiro atoms. The molecule has 6 heteroatoms. The SMILES string of the molecule is C#CCOc1ccc(CCNC(=O)C(COc2ccccc2)OC)cc1OC. The molecule has 2 aromatic rings. The molecule has 0 bridgehead atoms. The fraction of sp³-hybridized carbons (Fsp3) is 0.318. The van der Waals surface area contributed by atoms with Crippen LogP contribution in [0.25, 0.3) is 0 Å². The van der Waals surface area contributed by atoms with E-state index in [1.807, 2.05) is 42.5 Å². The van der Waals surface area contributed by atoms with Crippen LogP contribution in [0.4, 0.5) is 0 Å². The number of carbonyl (C=O) groups excluding carboxylic acids is 1. The lowest BCUT2D eigenvalue weighted by Crippen LogP contribution is -2.40. The maximum absolute atomic E-state index is 12.3. The maximum Gasteiger partial charge on any atom is 0.252 e. The van der Waals surface area contributed by atoms with Gasteiger partial charge in [-0.3, -0.25) is 4.79 Å². The summed E-state index contributed by atoms with van der Waals surface area (Å²) in [6.45, 7) is 0.772. The van der Waals surface area contributed by atoms with E-state index in [1.54, 1.807) is 13.2 Å². The highest BCUT2D eigenvalue weighted by atomic mass is 16.5. The minimum absolute atomic E-state index is 0.140. The highest BCUT2D eigenvalue weighted by Crippen LogP contribution is 2.28. The van der Waals surface area contributed by atoms with Crippen LogP contribution in [0.3, 0.4) is 0 Å². The number of nitrogens with one attached hydrogen (secondary N) is 1. The number of hydrogen-bond acceptors (Lipinski definition) is 5. The first-order chi connectivity index (χ1) is 13.7. The molecule has 148 valence electrons. The smallest absolute Gasteiger partial charge is 0.252 e. The minimum Gasteiger partial charge on any atom is -0.493 e. The molecule has 0 aliphatic carbocycles. The molecule has 28 heavy (non-hydrogen) atoms. The summed E-state index contributed by atoms with van der Waals surface area (Å²) >= 11 is 0. The lowest BCUT2D eigenvalue weighted by Gasteiger charge is -2.16. The van der Waals surface area contributed by atoms with Gasteiger partial charge >= 0.3 is 0 Å². The first-order valence-electron chi connectivity index (χ1n) is 8.89. The van der Waals surface area contributed by atoms with Gasteiger partial charge in [0.05, 0.1) is 7.11 Å². The van der Waals surface area contributed by atoms with Gasteiger partial charge in [-0.1, -0.05) is 30.2 Å². The van der Waals surface area contributed by atoms with Gasteiger partial charge in [0.1, 0.15) is 19.0 Å². The van der Waals surface area contributed by atoms with Crippen molar-refractivity contribution in [3.05, 3.63) is 54.1 Å². The molecule has 0 saturated heterocycles. The zero-order valence-electron chi connectivity index (χ0n) is 16.1. The summed E-state index contributed by atoms with van der Waals surface area (Å²) in [7, 11) is 3.05. The zero-order valence-corrected chi connectivity index (χ0v) is 16.1. The van der Waals surface area contributed by atoms with E-state index in [2.05, 4.69) is 11.2 Å². The van der Waals surface area contributed by atoms with Gasteiger partial charge < -0.3 is 24.3 Å². The summed E-state index contributed by atoms with van der Waals surface area (Å²) in [5, 5.41) is 2.86. The molecule has 0 fully saturated rings. The van der Waals surface area contributed by atoms with Crippen molar-refractivity contribution in [3.8, 4) is 29.6 Å².